The van der Waals surface area contributed by atoms with Crippen molar-refractivity contribution >= 4 is 29.2 Å². The minimum Gasteiger partial charge on any atom is -0.365 e. The molecule has 0 radical (unpaired) electrons. The number of carbonyl (C=O) groups is 3. The first-order chi connectivity index (χ1) is 13.5. The number of para-hydroxylation sites is 1. The van der Waals surface area contributed by atoms with Gasteiger partial charge in [-0.2, -0.15) is 5.10 Å². The van der Waals surface area contributed by atoms with Gasteiger partial charge in [0.15, 0.2) is 5.65 Å². The van der Waals surface area contributed by atoms with Crippen LogP contribution in [-0.2, 0) is 6.54 Å². The summed E-state index contributed by atoms with van der Waals surface area (Å²) in [6, 6.07) is 8.62. The van der Waals surface area contributed by atoms with E-state index in [4.69, 9.17) is 5.73 Å². The number of nitrogens with two attached hydrogens (primary N) is 1. The molecular weight excluding hydrogens is 362 g/mol. The van der Waals surface area contributed by atoms with E-state index in [0.29, 0.717) is 25.3 Å². The lowest BCUT2D eigenvalue weighted by molar-refractivity contribution is 0.0996. The van der Waals surface area contributed by atoms with Crippen LogP contribution in [0.5, 0.6) is 0 Å². The van der Waals surface area contributed by atoms with Gasteiger partial charge in [0, 0.05) is 31.5 Å². The Balaban J connectivity index is 1.62. The second kappa shape index (κ2) is 6.99. The van der Waals surface area contributed by atoms with Crippen LogP contribution in [0.25, 0.3) is 5.65 Å². The molecule has 4 rings (SSSR count). The van der Waals surface area contributed by atoms with Gasteiger partial charge in [-0.25, -0.2) is 14.3 Å². The molecule has 1 saturated heterocycles. The molecule has 0 bridgehead atoms. The number of nitrogens with zero attached hydrogens (tertiary/aromatic N) is 4. The quantitative estimate of drug-likeness (QED) is 0.597. The fraction of sp³-hybridized carbons (Fsp3) is 0.167. The van der Waals surface area contributed by atoms with E-state index in [9.17, 15) is 14.4 Å². The lowest BCUT2D eigenvalue weighted by Gasteiger charge is -2.17. The van der Waals surface area contributed by atoms with Crippen molar-refractivity contribution in [2.75, 3.05) is 18.4 Å². The number of carbonyl (C=O) groups excluding carboxylic acids is 3. The Morgan fingerprint density at radius 2 is 2.07 bits per heavy atom. The Bertz CT molecular complexity index is 1090. The van der Waals surface area contributed by atoms with Crippen molar-refractivity contribution in [2.24, 2.45) is 5.73 Å². The molecule has 1 aliphatic heterocycles. The fourth-order valence-corrected chi connectivity index (χ4v) is 3.07. The SMILES string of the molecule is NC(=O)c1cnn2c(C(=O)Nc3ccccc3CN3CCNC3=O)ccnc12. The van der Waals surface area contributed by atoms with Crippen molar-refractivity contribution in [3.05, 3.63) is 59.5 Å². The van der Waals surface area contributed by atoms with Crippen LogP contribution in [0, 0.1) is 0 Å². The topological polar surface area (TPSA) is 135 Å². The summed E-state index contributed by atoms with van der Waals surface area (Å²) in [6.45, 7) is 1.58. The highest BCUT2D eigenvalue weighted by Crippen LogP contribution is 2.19. The largest absolute Gasteiger partial charge is 0.365 e. The molecule has 0 saturated carbocycles. The van der Waals surface area contributed by atoms with E-state index in [1.165, 1.54) is 23.0 Å². The van der Waals surface area contributed by atoms with Gasteiger partial charge in [0.25, 0.3) is 11.8 Å². The number of benzene rings is 1. The number of hydrogen-bond donors (Lipinski definition) is 3. The summed E-state index contributed by atoms with van der Waals surface area (Å²) in [7, 11) is 0. The lowest BCUT2D eigenvalue weighted by Crippen LogP contribution is -2.28. The number of anilines is 1. The minimum atomic E-state index is -0.672. The highest BCUT2D eigenvalue weighted by Gasteiger charge is 2.22. The average Bonchev–Trinajstić information content (AvgIpc) is 3.29. The molecule has 28 heavy (non-hydrogen) atoms. The summed E-state index contributed by atoms with van der Waals surface area (Å²) in [5.74, 6) is -1.10. The van der Waals surface area contributed by atoms with Crippen molar-refractivity contribution in [1.29, 1.82) is 0 Å². The number of rotatable bonds is 5. The van der Waals surface area contributed by atoms with Gasteiger partial charge in [0.05, 0.1) is 6.20 Å². The van der Waals surface area contributed by atoms with Gasteiger partial charge in [0.2, 0.25) is 0 Å². The fourth-order valence-electron chi connectivity index (χ4n) is 3.07. The molecule has 3 heterocycles. The Kier molecular flexibility index (Phi) is 4.36. The highest BCUT2D eigenvalue weighted by atomic mass is 16.2. The van der Waals surface area contributed by atoms with Gasteiger partial charge in [0.1, 0.15) is 11.3 Å². The first kappa shape index (κ1) is 17.5. The third-order valence-corrected chi connectivity index (χ3v) is 4.47. The zero-order valence-electron chi connectivity index (χ0n) is 14.8. The number of hydrogen-bond acceptors (Lipinski definition) is 5. The molecule has 0 aliphatic carbocycles. The third-order valence-electron chi connectivity index (χ3n) is 4.47. The van der Waals surface area contributed by atoms with Gasteiger partial charge in [-0.15, -0.1) is 0 Å². The standard InChI is InChI=1S/C18H17N7O3/c19-15(26)12-9-22-25-14(5-6-20-16(12)25)17(27)23-13-4-2-1-3-11(13)10-24-8-7-21-18(24)28/h1-6,9H,7-8,10H2,(H2,19,26)(H,21,28)(H,23,27). The Labute approximate surface area is 159 Å². The second-order valence-corrected chi connectivity index (χ2v) is 6.25. The van der Waals surface area contributed by atoms with E-state index in [1.807, 2.05) is 12.1 Å². The van der Waals surface area contributed by atoms with E-state index < -0.39 is 11.8 Å². The van der Waals surface area contributed by atoms with Gasteiger partial charge in [-0.05, 0) is 17.7 Å². The zero-order valence-corrected chi connectivity index (χ0v) is 14.8. The minimum absolute atomic E-state index is 0.132. The van der Waals surface area contributed by atoms with Crippen molar-refractivity contribution < 1.29 is 14.4 Å². The van der Waals surface area contributed by atoms with Gasteiger partial charge in [-0.3, -0.25) is 9.59 Å². The molecule has 10 nitrogen and oxygen atoms in total. The molecule has 1 fully saturated rings. The summed E-state index contributed by atoms with van der Waals surface area (Å²) < 4.78 is 1.27. The molecular formula is C18H17N7O3. The summed E-state index contributed by atoms with van der Waals surface area (Å²) in [5, 5.41) is 9.64. The van der Waals surface area contributed by atoms with Crippen molar-refractivity contribution in [3.8, 4) is 0 Å². The number of primary amides is 1. The van der Waals surface area contributed by atoms with Crippen LogP contribution in [0.1, 0.15) is 26.4 Å². The van der Waals surface area contributed by atoms with Crippen LogP contribution in [0.4, 0.5) is 10.5 Å². The normalized spacial score (nSPS) is 13.6. The van der Waals surface area contributed by atoms with Crippen LogP contribution < -0.4 is 16.4 Å². The van der Waals surface area contributed by atoms with E-state index >= 15 is 0 Å². The summed E-state index contributed by atoms with van der Waals surface area (Å²) >= 11 is 0. The van der Waals surface area contributed by atoms with E-state index in [1.54, 1.807) is 17.0 Å². The van der Waals surface area contributed by atoms with Gasteiger partial charge >= 0.3 is 6.03 Å². The van der Waals surface area contributed by atoms with Gasteiger partial charge in [-0.1, -0.05) is 18.2 Å². The molecule has 142 valence electrons. The molecule has 0 unspecified atom stereocenters. The van der Waals surface area contributed by atoms with Crippen molar-refractivity contribution in [1.82, 2.24) is 24.8 Å². The van der Waals surface area contributed by atoms with Crippen LogP contribution in [0.3, 0.4) is 0 Å². The Morgan fingerprint density at radius 3 is 2.82 bits per heavy atom. The van der Waals surface area contributed by atoms with E-state index in [0.717, 1.165) is 5.56 Å². The summed E-state index contributed by atoms with van der Waals surface area (Å²) in [5.41, 5.74) is 7.24. The first-order valence-corrected chi connectivity index (χ1v) is 8.59. The third kappa shape index (κ3) is 3.11. The predicted octanol–water partition coefficient (Wildman–Crippen LogP) is 0.606. The van der Waals surface area contributed by atoms with Gasteiger partial charge < -0.3 is 21.3 Å². The average molecular weight is 379 g/mol. The summed E-state index contributed by atoms with van der Waals surface area (Å²) in [6.07, 6.45) is 2.69. The smallest absolute Gasteiger partial charge is 0.317 e. The molecule has 0 spiro atoms. The molecule has 4 N–H and O–H groups in total. The lowest BCUT2D eigenvalue weighted by atomic mass is 10.1. The number of urea groups is 1. The van der Waals surface area contributed by atoms with Crippen LogP contribution in [0.2, 0.25) is 0 Å². The predicted molar refractivity (Wildman–Crippen MR) is 99.7 cm³/mol. The number of amides is 4. The number of aromatic nitrogens is 3. The van der Waals surface area contributed by atoms with Crippen LogP contribution >= 0.6 is 0 Å². The molecule has 0 atom stereocenters. The Morgan fingerprint density at radius 1 is 1.25 bits per heavy atom. The second-order valence-electron chi connectivity index (χ2n) is 6.25. The number of nitrogens with one attached hydrogen (secondary N) is 2. The van der Waals surface area contributed by atoms with Crippen LogP contribution in [0.15, 0.2) is 42.7 Å². The first-order valence-electron chi connectivity index (χ1n) is 8.59. The molecule has 10 heteroatoms. The molecule has 3 aromatic rings. The Hall–Kier alpha value is -3.95. The monoisotopic (exact) mass is 379 g/mol. The maximum atomic E-state index is 12.9. The van der Waals surface area contributed by atoms with Crippen molar-refractivity contribution in [3.63, 3.8) is 0 Å². The molecule has 4 amide bonds. The molecule has 1 aliphatic rings. The maximum Gasteiger partial charge on any atom is 0.317 e. The summed E-state index contributed by atoms with van der Waals surface area (Å²) in [4.78, 5) is 41.9. The molecule has 2 aromatic heterocycles. The van der Waals surface area contributed by atoms with E-state index in [2.05, 4.69) is 20.7 Å². The zero-order chi connectivity index (χ0) is 19.7. The number of fused-ring (bicyclic) bond motifs is 1. The molecule has 1 aromatic carbocycles. The maximum absolute atomic E-state index is 12.9. The van der Waals surface area contributed by atoms with Crippen LogP contribution in [-0.4, -0.2) is 50.4 Å². The van der Waals surface area contributed by atoms with Crippen molar-refractivity contribution in [2.45, 2.75) is 6.54 Å². The highest BCUT2D eigenvalue weighted by molar-refractivity contribution is 6.05. The van der Waals surface area contributed by atoms with E-state index in [-0.39, 0.29) is 22.9 Å².